The number of para-hydroxylation sites is 1. The van der Waals surface area contributed by atoms with Gasteiger partial charge in [-0.2, -0.15) is 5.10 Å². The summed E-state index contributed by atoms with van der Waals surface area (Å²) in [5, 5.41) is 7.71. The quantitative estimate of drug-likeness (QED) is 0.383. The Balaban J connectivity index is 1.25. The van der Waals surface area contributed by atoms with Crippen molar-refractivity contribution in [2.45, 2.75) is 26.3 Å². The molecule has 1 aliphatic rings. The van der Waals surface area contributed by atoms with Gasteiger partial charge in [0.05, 0.1) is 5.69 Å². The number of carbonyl (C=O) groups is 1. The van der Waals surface area contributed by atoms with Crippen molar-refractivity contribution in [1.29, 1.82) is 0 Å². The molecule has 4 heterocycles. The molecule has 0 unspecified atom stereocenters. The summed E-state index contributed by atoms with van der Waals surface area (Å²) >= 11 is 0. The van der Waals surface area contributed by atoms with E-state index in [1.54, 1.807) is 24.5 Å². The van der Waals surface area contributed by atoms with Crippen molar-refractivity contribution in [3.63, 3.8) is 0 Å². The van der Waals surface area contributed by atoms with Gasteiger partial charge in [-0.3, -0.25) is 9.78 Å². The van der Waals surface area contributed by atoms with Gasteiger partial charge in [0, 0.05) is 61.6 Å². The molecule has 1 fully saturated rings. The van der Waals surface area contributed by atoms with E-state index in [2.05, 4.69) is 27.1 Å². The third kappa shape index (κ3) is 5.68. The average molecular weight is 479 g/mol. The number of hydrogen-bond donors (Lipinski definition) is 1. The Labute approximate surface area is 211 Å². The van der Waals surface area contributed by atoms with E-state index in [4.69, 9.17) is 5.10 Å². The molecule has 1 aliphatic heterocycles. The molecule has 3 aromatic heterocycles. The summed E-state index contributed by atoms with van der Waals surface area (Å²) in [7, 11) is 0. The Bertz CT molecular complexity index is 1310. The van der Waals surface area contributed by atoms with E-state index in [9.17, 15) is 4.79 Å². The Morgan fingerprint density at radius 3 is 2.61 bits per heavy atom. The monoisotopic (exact) mass is 478 g/mol. The van der Waals surface area contributed by atoms with Crippen molar-refractivity contribution in [2.24, 2.45) is 5.92 Å². The van der Waals surface area contributed by atoms with Gasteiger partial charge < -0.3 is 10.2 Å². The predicted molar refractivity (Wildman–Crippen MR) is 143 cm³/mol. The van der Waals surface area contributed by atoms with Crippen LogP contribution in [0.5, 0.6) is 0 Å². The minimum Gasteiger partial charge on any atom is -0.357 e. The maximum atomic E-state index is 12.6. The summed E-state index contributed by atoms with van der Waals surface area (Å²) in [6.45, 7) is 4.83. The Kier molecular flexibility index (Phi) is 7.17. The molecule has 1 N–H and O–H groups in total. The first-order chi connectivity index (χ1) is 17.7. The largest absolute Gasteiger partial charge is 0.357 e. The molecule has 5 rings (SSSR count). The normalized spacial score (nSPS) is 14.3. The highest BCUT2D eigenvalue weighted by Crippen LogP contribution is 2.24. The van der Waals surface area contributed by atoms with Gasteiger partial charge in [0.1, 0.15) is 11.5 Å². The molecule has 36 heavy (non-hydrogen) atoms. The summed E-state index contributed by atoms with van der Waals surface area (Å²) < 4.78 is 1.82. The van der Waals surface area contributed by atoms with E-state index < -0.39 is 0 Å². The van der Waals surface area contributed by atoms with E-state index in [1.807, 2.05) is 71.7 Å². The smallest absolute Gasteiger partial charge is 0.244 e. The lowest BCUT2D eigenvalue weighted by Gasteiger charge is -2.31. The van der Waals surface area contributed by atoms with E-state index in [-0.39, 0.29) is 5.91 Å². The molecule has 1 amide bonds. The first-order valence-corrected chi connectivity index (χ1v) is 12.4. The van der Waals surface area contributed by atoms with Crippen molar-refractivity contribution >= 4 is 17.8 Å². The van der Waals surface area contributed by atoms with Crippen LogP contribution < -0.4 is 10.2 Å². The summed E-state index contributed by atoms with van der Waals surface area (Å²) in [5.74, 6) is 1.63. The highest BCUT2D eigenvalue weighted by atomic mass is 16.1. The number of pyridine rings is 2. The SMILES string of the molecule is CC1CCN(c2ccc(CNC(=O)C=Cc3cn(-c4ccccc4)nc3-c3cccnc3)cn2)CC1. The molecular formula is C29H30N6O. The zero-order chi connectivity index (χ0) is 24.7. The molecule has 0 bridgehead atoms. The Hall–Kier alpha value is -4.26. The van der Waals surface area contributed by atoms with Gasteiger partial charge in [0.25, 0.3) is 0 Å². The first kappa shape index (κ1) is 23.5. The van der Waals surface area contributed by atoms with Crippen LogP contribution in [0, 0.1) is 5.92 Å². The lowest BCUT2D eigenvalue weighted by Crippen LogP contribution is -2.33. The lowest BCUT2D eigenvalue weighted by atomic mass is 9.99. The summed E-state index contributed by atoms with van der Waals surface area (Å²) in [6.07, 6.45) is 13.0. The van der Waals surface area contributed by atoms with Crippen LogP contribution in [-0.2, 0) is 11.3 Å². The number of aromatic nitrogens is 4. The topological polar surface area (TPSA) is 75.9 Å². The number of amides is 1. The van der Waals surface area contributed by atoms with Crippen LogP contribution in [0.3, 0.4) is 0 Å². The summed E-state index contributed by atoms with van der Waals surface area (Å²) in [6, 6.07) is 17.8. The van der Waals surface area contributed by atoms with E-state index in [0.29, 0.717) is 6.54 Å². The van der Waals surface area contributed by atoms with E-state index >= 15 is 0 Å². The van der Waals surface area contributed by atoms with Gasteiger partial charge in [0.15, 0.2) is 0 Å². The van der Waals surface area contributed by atoms with Crippen LogP contribution >= 0.6 is 0 Å². The Morgan fingerprint density at radius 2 is 1.89 bits per heavy atom. The third-order valence-electron chi connectivity index (χ3n) is 6.50. The maximum absolute atomic E-state index is 12.6. The number of nitrogens with zero attached hydrogens (tertiary/aromatic N) is 5. The highest BCUT2D eigenvalue weighted by molar-refractivity contribution is 5.92. The van der Waals surface area contributed by atoms with Crippen LogP contribution in [0.1, 0.15) is 30.9 Å². The number of nitrogens with one attached hydrogen (secondary N) is 1. The van der Waals surface area contributed by atoms with Crippen LogP contribution in [0.15, 0.2) is 85.5 Å². The second-order valence-electron chi connectivity index (χ2n) is 9.20. The van der Waals surface area contributed by atoms with Gasteiger partial charge in [-0.15, -0.1) is 0 Å². The second-order valence-corrected chi connectivity index (χ2v) is 9.20. The number of rotatable bonds is 7. The van der Waals surface area contributed by atoms with Crippen molar-refractivity contribution in [3.05, 3.63) is 96.6 Å². The summed E-state index contributed by atoms with van der Waals surface area (Å²) in [4.78, 5) is 23.8. The van der Waals surface area contributed by atoms with Gasteiger partial charge in [-0.25, -0.2) is 9.67 Å². The van der Waals surface area contributed by atoms with Crippen molar-refractivity contribution in [1.82, 2.24) is 25.1 Å². The minimum absolute atomic E-state index is 0.173. The van der Waals surface area contributed by atoms with Gasteiger partial charge in [-0.1, -0.05) is 31.2 Å². The summed E-state index contributed by atoms with van der Waals surface area (Å²) in [5.41, 5.74) is 4.41. The fraction of sp³-hybridized carbons (Fsp3) is 0.241. The lowest BCUT2D eigenvalue weighted by molar-refractivity contribution is -0.116. The standard InChI is InChI=1S/C29H30N6O/c1-22-13-16-34(17-14-22)27-11-9-23(18-31-27)19-32-28(36)12-10-25-21-35(26-7-3-2-4-8-26)33-29(25)24-6-5-15-30-20-24/h2-12,15,18,20-22H,13-14,16-17,19H2,1H3,(H,32,36). The number of carbonyl (C=O) groups excluding carboxylic acids is 1. The first-order valence-electron chi connectivity index (χ1n) is 12.4. The molecular weight excluding hydrogens is 448 g/mol. The molecule has 0 radical (unpaired) electrons. The van der Waals surface area contributed by atoms with Crippen molar-refractivity contribution < 1.29 is 4.79 Å². The average Bonchev–Trinajstić information content (AvgIpc) is 3.37. The van der Waals surface area contributed by atoms with Crippen LogP contribution in [-0.4, -0.2) is 38.7 Å². The molecule has 0 spiro atoms. The molecule has 182 valence electrons. The number of hydrogen-bond acceptors (Lipinski definition) is 5. The molecule has 1 aromatic carbocycles. The number of anilines is 1. The Morgan fingerprint density at radius 1 is 1.06 bits per heavy atom. The number of benzene rings is 1. The molecule has 0 atom stereocenters. The number of piperidine rings is 1. The fourth-order valence-corrected chi connectivity index (χ4v) is 4.31. The van der Waals surface area contributed by atoms with E-state index in [1.165, 1.54) is 12.8 Å². The predicted octanol–water partition coefficient (Wildman–Crippen LogP) is 4.90. The van der Waals surface area contributed by atoms with Crippen molar-refractivity contribution in [3.8, 4) is 16.9 Å². The van der Waals surface area contributed by atoms with Crippen LogP contribution in [0.4, 0.5) is 5.82 Å². The van der Waals surface area contributed by atoms with Gasteiger partial charge >= 0.3 is 0 Å². The second kappa shape index (κ2) is 11.0. The van der Waals surface area contributed by atoms with E-state index in [0.717, 1.165) is 52.9 Å². The maximum Gasteiger partial charge on any atom is 0.244 e. The zero-order valence-corrected chi connectivity index (χ0v) is 20.4. The van der Waals surface area contributed by atoms with Crippen LogP contribution in [0.2, 0.25) is 0 Å². The van der Waals surface area contributed by atoms with Gasteiger partial charge in [0.2, 0.25) is 5.91 Å². The van der Waals surface area contributed by atoms with Gasteiger partial charge in [-0.05, 0) is 60.7 Å². The molecule has 4 aromatic rings. The van der Waals surface area contributed by atoms with Crippen LogP contribution in [0.25, 0.3) is 23.0 Å². The van der Waals surface area contributed by atoms with Crippen molar-refractivity contribution in [2.75, 3.05) is 18.0 Å². The fourth-order valence-electron chi connectivity index (χ4n) is 4.31. The molecule has 0 aliphatic carbocycles. The molecule has 1 saturated heterocycles. The minimum atomic E-state index is -0.173. The molecule has 7 nitrogen and oxygen atoms in total. The zero-order valence-electron chi connectivity index (χ0n) is 20.4. The molecule has 7 heteroatoms. The third-order valence-corrected chi connectivity index (χ3v) is 6.50. The highest BCUT2D eigenvalue weighted by Gasteiger charge is 2.16. The molecule has 0 saturated carbocycles.